The van der Waals surface area contributed by atoms with Crippen molar-refractivity contribution in [2.24, 2.45) is 0 Å². The first-order valence-electron chi connectivity index (χ1n) is 16.3. The second kappa shape index (κ2) is 20.7. The second-order valence-corrected chi connectivity index (χ2v) is 13.4. The average Bonchev–Trinajstić information content (AvgIpc) is 3.14. The predicted octanol–water partition coefficient (Wildman–Crippen LogP) is 9.39. The molecule has 6 aromatic rings. The third-order valence-corrected chi connectivity index (χ3v) is 9.61. The molecule has 0 spiro atoms. The van der Waals surface area contributed by atoms with Gasteiger partial charge in [-0.3, -0.25) is 0 Å². The van der Waals surface area contributed by atoms with E-state index < -0.39 is 11.9 Å². The van der Waals surface area contributed by atoms with E-state index in [0.29, 0.717) is 31.5 Å². The number of para-hydroxylation sites is 2. The van der Waals surface area contributed by atoms with Gasteiger partial charge in [-0.05, 0) is 109 Å². The Morgan fingerprint density at radius 1 is 0.434 bits per heavy atom. The van der Waals surface area contributed by atoms with E-state index in [9.17, 15) is 19.8 Å². The van der Waals surface area contributed by atoms with Crippen LogP contribution in [-0.4, -0.2) is 49.7 Å². The number of carbonyl (C=O) groups excluding carboxylic acids is 2. The summed E-state index contributed by atoms with van der Waals surface area (Å²) in [6.45, 7) is 0. The van der Waals surface area contributed by atoms with Crippen molar-refractivity contribution in [1.29, 1.82) is 0 Å². The van der Waals surface area contributed by atoms with Crippen LogP contribution in [0.1, 0.15) is 43.0 Å². The van der Waals surface area contributed by atoms with Crippen LogP contribution in [0, 0.1) is 0 Å². The smallest absolute Gasteiger partial charge is 0.545 e. The summed E-state index contributed by atoms with van der Waals surface area (Å²) in [7, 11) is 0. The molecule has 6 aromatic carbocycles. The Morgan fingerprint density at radius 2 is 0.755 bits per heavy atom. The normalized spacial score (nSPS) is 10.3. The fourth-order valence-corrected chi connectivity index (χ4v) is 5.97. The molecule has 6 nitrogen and oxygen atoms in total. The molecule has 0 saturated carbocycles. The van der Waals surface area contributed by atoms with Crippen LogP contribution in [0.2, 0.25) is 20.1 Å². The molecule has 0 radical (unpaired) electrons. The van der Waals surface area contributed by atoms with Crippen molar-refractivity contribution in [2.45, 2.75) is 25.7 Å². The predicted molar refractivity (Wildman–Crippen MR) is 214 cm³/mol. The first-order valence-corrected chi connectivity index (χ1v) is 17.8. The molecule has 11 heteroatoms. The Morgan fingerprint density at radius 3 is 1.09 bits per heavy atom. The SMILES string of the molecule is O=C([O-])c1ccccc1Nc1ccc(CCc2ccc(Cl)c(Cl)c2)cc1.O=C([O-])c1ccccc1Nc1ccc(CCc2ccc(Cl)c(Cl)c2)cc1.[Ca+2]. The van der Waals surface area contributed by atoms with Crippen molar-refractivity contribution in [2.75, 3.05) is 10.6 Å². The quantitative estimate of drug-likeness (QED) is 0.120. The van der Waals surface area contributed by atoms with Gasteiger partial charge in [-0.15, -0.1) is 0 Å². The van der Waals surface area contributed by atoms with Gasteiger partial charge in [0.25, 0.3) is 0 Å². The van der Waals surface area contributed by atoms with Crippen LogP contribution >= 0.6 is 46.4 Å². The number of halogens is 4. The third-order valence-electron chi connectivity index (χ3n) is 8.13. The summed E-state index contributed by atoms with van der Waals surface area (Å²) >= 11 is 23.9. The minimum absolute atomic E-state index is 0. The summed E-state index contributed by atoms with van der Waals surface area (Å²) in [5.74, 6) is -2.40. The summed E-state index contributed by atoms with van der Waals surface area (Å²) < 4.78 is 0. The molecule has 53 heavy (non-hydrogen) atoms. The van der Waals surface area contributed by atoms with Crippen LogP contribution in [0.3, 0.4) is 0 Å². The van der Waals surface area contributed by atoms with Gasteiger partial charge in [0.2, 0.25) is 0 Å². The summed E-state index contributed by atoms with van der Waals surface area (Å²) in [4.78, 5) is 22.3. The number of nitrogens with one attached hydrogen (secondary N) is 2. The maximum Gasteiger partial charge on any atom is 2.00 e. The van der Waals surface area contributed by atoms with E-state index in [0.717, 1.165) is 48.2 Å². The molecule has 0 atom stereocenters. The Bertz CT molecular complexity index is 2010. The number of carboxylic acid groups (broad SMARTS) is 2. The zero-order chi connectivity index (χ0) is 37.0. The number of hydrogen-bond acceptors (Lipinski definition) is 6. The average molecular weight is 811 g/mol. The van der Waals surface area contributed by atoms with Gasteiger partial charge >= 0.3 is 37.7 Å². The maximum atomic E-state index is 11.2. The number of carbonyl (C=O) groups is 2. The van der Waals surface area contributed by atoms with Gasteiger partial charge in [0, 0.05) is 33.9 Å². The monoisotopic (exact) mass is 808 g/mol. The Labute approximate surface area is 358 Å². The first-order chi connectivity index (χ1) is 25.0. The van der Waals surface area contributed by atoms with Gasteiger partial charge in [-0.2, -0.15) is 0 Å². The second-order valence-electron chi connectivity index (χ2n) is 11.8. The molecule has 0 aromatic heterocycles. The standard InChI is InChI=1S/2C21H17Cl2NO2.Ca/c2*22-18-12-9-15(13-19(18)23)6-5-14-7-10-16(11-8-14)24-20-4-2-1-3-17(20)21(25)26;/h2*1-4,7-13,24H,5-6H2,(H,25,26);/q;;+2/p-2. The molecule has 0 saturated heterocycles. The van der Waals surface area contributed by atoms with E-state index in [1.807, 2.05) is 72.8 Å². The molecule has 264 valence electrons. The van der Waals surface area contributed by atoms with Crippen molar-refractivity contribution in [3.63, 3.8) is 0 Å². The molecule has 0 aliphatic rings. The number of hydrogen-bond donors (Lipinski definition) is 2. The summed E-state index contributed by atoms with van der Waals surface area (Å²) in [5.41, 5.74) is 7.53. The van der Waals surface area contributed by atoms with Gasteiger partial charge in [-0.1, -0.05) is 119 Å². The molecule has 0 unspecified atom stereocenters. The van der Waals surface area contributed by atoms with E-state index in [1.54, 1.807) is 48.5 Å². The van der Waals surface area contributed by atoms with Gasteiger partial charge in [0.15, 0.2) is 0 Å². The molecule has 0 amide bonds. The van der Waals surface area contributed by atoms with Gasteiger partial charge in [-0.25, -0.2) is 0 Å². The summed E-state index contributed by atoms with van der Waals surface area (Å²) in [6.07, 6.45) is 3.45. The maximum absolute atomic E-state index is 11.2. The Kier molecular flexibility index (Phi) is 16.4. The molecule has 0 bridgehead atoms. The van der Waals surface area contributed by atoms with E-state index in [-0.39, 0.29) is 48.9 Å². The van der Waals surface area contributed by atoms with Crippen LogP contribution in [-0.2, 0) is 25.7 Å². The van der Waals surface area contributed by atoms with Crippen molar-refractivity contribution in [3.8, 4) is 0 Å². The number of aromatic carboxylic acids is 2. The minimum atomic E-state index is -1.20. The number of carboxylic acids is 2. The van der Waals surface area contributed by atoms with Crippen LogP contribution in [0.4, 0.5) is 22.7 Å². The Balaban J connectivity index is 0.000000232. The minimum Gasteiger partial charge on any atom is -0.545 e. The molecule has 6 rings (SSSR count). The largest absolute Gasteiger partial charge is 2.00 e. The van der Waals surface area contributed by atoms with Crippen LogP contribution in [0.25, 0.3) is 0 Å². The van der Waals surface area contributed by atoms with Gasteiger partial charge < -0.3 is 30.4 Å². The molecule has 0 aliphatic heterocycles. The van der Waals surface area contributed by atoms with Crippen LogP contribution in [0.15, 0.2) is 133 Å². The van der Waals surface area contributed by atoms with Crippen LogP contribution in [0.5, 0.6) is 0 Å². The van der Waals surface area contributed by atoms with E-state index >= 15 is 0 Å². The third kappa shape index (κ3) is 12.7. The van der Waals surface area contributed by atoms with E-state index in [1.165, 1.54) is 23.3 Å². The summed E-state index contributed by atoms with van der Waals surface area (Å²) in [5, 5.41) is 30.8. The fourth-order valence-electron chi connectivity index (χ4n) is 5.33. The van der Waals surface area contributed by atoms with Crippen LogP contribution < -0.4 is 20.8 Å². The number of aryl methyl sites for hydroxylation is 4. The zero-order valence-electron chi connectivity index (χ0n) is 28.4. The molecule has 0 aliphatic carbocycles. The molecular weight excluding hydrogens is 778 g/mol. The number of rotatable bonds is 12. The number of benzene rings is 6. The van der Waals surface area contributed by atoms with Gasteiger partial charge in [0.05, 0.1) is 32.0 Å². The molecular formula is C42H32CaCl4N2O4. The first kappa shape index (κ1) is 42.0. The topological polar surface area (TPSA) is 104 Å². The number of anilines is 4. The Hall–Kier alpha value is -3.72. The fraction of sp³-hybridized carbons (Fsp3) is 0.0952. The summed E-state index contributed by atoms with van der Waals surface area (Å²) in [6, 6.07) is 40.5. The van der Waals surface area contributed by atoms with Crippen molar-refractivity contribution in [3.05, 3.63) is 187 Å². The van der Waals surface area contributed by atoms with E-state index in [4.69, 9.17) is 46.4 Å². The van der Waals surface area contributed by atoms with Crippen molar-refractivity contribution in [1.82, 2.24) is 0 Å². The van der Waals surface area contributed by atoms with Crippen molar-refractivity contribution < 1.29 is 19.8 Å². The molecule has 0 fully saturated rings. The van der Waals surface area contributed by atoms with Crippen molar-refractivity contribution >= 4 is 119 Å². The molecule has 2 N–H and O–H groups in total. The molecule has 0 heterocycles. The van der Waals surface area contributed by atoms with Gasteiger partial charge in [0.1, 0.15) is 0 Å². The van der Waals surface area contributed by atoms with E-state index in [2.05, 4.69) is 10.6 Å². The zero-order valence-corrected chi connectivity index (χ0v) is 33.6.